The van der Waals surface area contributed by atoms with Crippen molar-refractivity contribution in [3.05, 3.63) is 24.8 Å². The Labute approximate surface area is 130 Å². The molecule has 0 rings (SSSR count). The minimum Gasteiger partial charge on any atom is -0.379 e. The van der Waals surface area contributed by atoms with Crippen LogP contribution in [0.2, 0.25) is 0 Å². The van der Waals surface area contributed by atoms with E-state index >= 15 is 0 Å². The SMILES string of the molecule is C=CCC(/C=C\CF)NC(O)CCCCNS(=O)C(C)C. The van der Waals surface area contributed by atoms with Crippen LogP contribution in [0.3, 0.4) is 0 Å². The smallest absolute Gasteiger partial charge is 0.108 e. The normalized spacial score (nSPS) is 16.2. The van der Waals surface area contributed by atoms with E-state index in [4.69, 9.17) is 0 Å². The van der Waals surface area contributed by atoms with E-state index in [1.54, 1.807) is 12.2 Å². The topological polar surface area (TPSA) is 61.4 Å². The first-order valence-corrected chi connectivity index (χ1v) is 8.64. The van der Waals surface area contributed by atoms with Gasteiger partial charge in [0.25, 0.3) is 0 Å². The molecule has 0 aromatic carbocycles. The first kappa shape index (κ1) is 20.4. The number of alkyl halides is 1. The zero-order valence-electron chi connectivity index (χ0n) is 13.1. The highest BCUT2D eigenvalue weighted by Crippen LogP contribution is 2.03. The number of aliphatic hydroxyl groups is 1. The molecule has 0 aliphatic rings. The number of unbranched alkanes of at least 4 members (excludes halogenated alkanes) is 1. The quantitative estimate of drug-likeness (QED) is 0.277. The molecular formula is C15H29FN2O2S. The van der Waals surface area contributed by atoms with Gasteiger partial charge in [-0.25, -0.2) is 13.3 Å². The van der Waals surface area contributed by atoms with Crippen LogP contribution in [0.15, 0.2) is 24.8 Å². The zero-order chi connectivity index (χ0) is 16.1. The largest absolute Gasteiger partial charge is 0.379 e. The third kappa shape index (κ3) is 11.7. The Hall–Kier alpha value is -0.560. The lowest BCUT2D eigenvalue weighted by Crippen LogP contribution is -2.37. The predicted molar refractivity (Wildman–Crippen MR) is 88.0 cm³/mol. The molecule has 3 N–H and O–H groups in total. The van der Waals surface area contributed by atoms with Crippen LogP contribution in [0.1, 0.15) is 39.5 Å². The van der Waals surface area contributed by atoms with Gasteiger partial charge in [-0.2, -0.15) is 0 Å². The molecule has 3 atom stereocenters. The van der Waals surface area contributed by atoms with E-state index in [-0.39, 0.29) is 11.3 Å². The van der Waals surface area contributed by atoms with Gasteiger partial charge < -0.3 is 5.11 Å². The van der Waals surface area contributed by atoms with Crippen LogP contribution >= 0.6 is 0 Å². The summed E-state index contributed by atoms with van der Waals surface area (Å²) in [5.74, 6) is 0. The van der Waals surface area contributed by atoms with Crippen LogP contribution in [-0.2, 0) is 11.0 Å². The number of aliphatic hydroxyl groups excluding tert-OH is 1. The Kier molecular flexibility index (Phi) is 12.8. The van der Waals surface area contributed by atoms with Crippen molar-refractivity contribution in [2.75, 3.05) is 13.2 Å². The summed E-state index contributed by atoms with van der Waals surface area (Å²) < 4.78 is 26.5. The van der Waals surface area contributed by atoms with Crippen molar-refractivity contribution < 1.29 is 13.7 Å². The van der Waals surface area contributed by atoms with Crippen LogP contribution in [-0.4, -0.2) is 40.1 Å². The average Bonchev–Trinajstić information content (AvgIpc) is 2.44. The Morgan fingerprint density at radius 2 is 2.10 bits per heavy atom. The molecule has 21 heavy (non-hydrogen) atoms. The molecular weight excluding hydrogens is 291 g/mol. The van der Waals surface area contributed by atoms with Crippen molar-refractivity contribution in [2.45, 2.75) is 57.1 Å². The maximum atomic E-state index is 12.1. The Morgan fingerprint density at radius 3 is 2.67 bits per heavy atom. The lowest BCUT2D eigenvalue weighted by molar-refractivity contribution is 0.117. The van der Waals surface area contributed by atoms with Crippen molar-refractivity contribution in [3.63, 3.8) is 0 Å². The fourth-order valence-corrected chi connectivity index (χ4v) is 2.41. The third-order valence-electron chi connectivity index (χ3n) is 2.86. The highest BCUT2D eigenvalue weighted by molar-refractivity contribution is 7.83. The van der Waals surface area contributed by atoms with Gasteiger partial charge in [-0.05, 0) is 39.5 Å². The standard InChI is InChI=1S/C15H29FN2O2S/c1-4-8-14(9-7-11-16)18-15(19)10-5-6-12-17-21(20)13(2)3/h4,7,9,13-15,17-19H,1,5-6,8,10-12H2,2-3H3/b9-7-. The van der Waals surface area contributed by atoms with E-state index in [9.17, 15) is 13.7 Å². The second-order valence-corrected chi connectivity index (χ2v) is 6.96. The summed E-state index contributed by atoms with van der Waals surface area (Å²) in [7, 11) is -0.985. The predicted octanol–water partition coefficient (Wildman–Crippen LogP) is 2.20. The fourth-order valence-electron chi connectivity index (χ4n) is 1.73. The summed E-state index contributed by atoms with van der Waals surface area (Å²) in [6, 6.07) is -0.0974. The summed E-state index contributed by atoms with van der Waals surface area (Å²) in [5.41, 5.74) is 0. The van der Waals surface area contributed by atoms with E-state index in [0.717, 1.165) is 12.8 Å². The Morgan fingerprint density at radius 1 is 1.38 bits per heavy atom. The van der Waals surface area contributed by atoms with Gasteiger partial charge in [-0.1, -0.05) is 18.2 Å². The molecule has 0 saturated heterocycles. The van der Waals surface area contributed by atoms with Crippen molar-refractivity contribution in [2.24, 2.45) is 0 Å². The molecule has 6 heteroatoms. The summed E-state index contributed by atoms with van der Waals surface area (Å²) in [5, 5.41) is 13.0. The molecule has 3 unspecified atom stereocenters. The monoisotopic (exact) mass is 320 g/mol. The molecule has 0 heterocycles. The number of hydrogen-bond donors (Lipinski definition) is 3. The summed E-state index contributed by atoms with van der Waals surface area (Å²) >= 11 is 0. The van der Waals surface area contributed by atoms with Gasteiger partial charge in [0.1, 0.15) is 12.9 Å². The van der Waals surface area contributed by atoms with Gasteiger partial charge in [0.15, 0.2) is 0 Å². The number of nitrogens with one attached hydrogen (secondary N) is 2. The van der Waals surface area contributed by atoms with Crippen LogP contribution in [0.5, 0.6) is 0 Å². The highest BCUT2D eigenvalue weighted by atomic mass is 32.2. The first-order valence-electron chi connectivity index (χ1n) is 7.43. The van der Waals surface area contributed by atoms with Gasteiger partial charge in [0.05, 0.1) is 11.0 Å². The minimum atomic E-state index is -0.985. The number of rotatable bonds is 13. The summed E-state index contributed by atoms with van der Waals surface area (Å²) in [6.45, 7) is 7.62. The molecule has 0 spiro atoms. The number of hydrogen-bond acceptors (Lipinski definition) is 3. The Balaban J connectivity index is 3.81. The number of halogens is 1. The first-order chi connectivity index (χ1) is 10.0. The fraction of sp³-hybridized carbons (Fsp3) is 0.733. The van der Waals surface area contributed by atoms with E-state index < -0.39 is 23.9 Å². The average molecular weight is 320 g/mol. The van der Waals surface area contributed by atoms with E-state index in [1.807, 2.05) is 13.8 Å². The maximum Gasteiger partial charge on any atom is 0.108 e. The summed E-state index contributed by atoms with van der Waals surface area (Å²) in [4.78, 5) is 0. The third-order valence-corrected chi connectivity index (χ3v) is 4.21. The molecule has 0 fully saturated rings. The van der Waals surface area contributed by atoms with Crippen LogP contribution in [0.4, 0.5) is 4.39 Å². The van der Waals surface area contributed by atoms with Crippen LogP contribution in [0.25, 0.3) is 0 Å². The van der Waals surface area contributed by atoms with E-state index in [0.29, 0.717) is 19.4 Å². The molecule has 0 bridgehead atoms. The second-order valence-electron chi connectivity index (χ2n) is 5.13. The Bertz CT molecular complexity index is 325. The lowest BCUT2D eigenvalue weighted by Gasteiger charge is -2.18. The molecule has 4 nitrogen and oxygen atoms in total. The molecule has 0 radical (unpaired) electrons. The highest BCUT2D eigenvalue weighted by Gasteiger charge is 2.09. The molecule has 124 valence electrons. The van der Waals surface area contributed by atoms with Crippen LogP contribution < -0.4 is 10.0 Å². The van der Waals surface area contributed by atoms with Gasteiger partial charge in [0, 0.05) is 17.8 Å². The van der Waals surface area contributed by atoms with Gasteiger partial charge >= 0.3 is 0 Å². The van der Waals surface area contributed by atoms with Gasteiger partial charge in [-0.15, -0.1) is 6.58 Å². The van der Waals surface area contributed by atoms with Gasteiger partial charge in [-0.3, -0.25) is 5.32 Å². The zero-order valence-corrected chi connectivity index (χ0v) is 13.9. The van der Waals surface area contributed by atoms with E-state index in [2.05, 4.69) is 16.6 Å². The van der Waals surface area contributed by atoms with Crippen LogP contribution in [0, 0.1) is 0 Å². The van der Waals surface area contributed by atoms with Crippen molar-refractivity contribution in [1.82, 2.24) is 10.0 Å². The molecule has 0 aromatic rings. The molecule has 0 aliphatic carbocycles. The minimum absolute atomic E-state index is 0.0974. The van der Waals surface area contributed by atoms with Crippen molar-refractivity contribution in [3.8, 4) is 0 Å². The molecule has 0 aliphatic heterocycles. The summed E-state index contributed by atoms with van der Waals surface area (Å²) in [6.07, 6.45) is 7.16. The molecule has 0 saturated carbocycles. The molecule has 0 aromatic heterocycles. The van der Waals surface area contributed by atoms with Crippen molar-refractivity contribution in [1.29, 1.82) is 0 Å². The second kappa shape index (κ2) is 13.1. The number of allylic oxidation sites excluding steroid dienone is 1. The van der Waals surface area contributed by atoms with Gasteiger partial charge in [0.2, 0.25) is 0 Å². The lowest BCUT2D eigenvalue weighted by atomic mass is 10.1. The maximum absolute atomic E-state index is 12.1. The van der Waals surface area contributed by atoms with Crippen molar-refractivity contribution >= 4 is 11.0 Å². The molecule has 0 amide bonds. The van der Waals surface area contributed by atoms with E-state index in [1.165, 1.54) is 6.08 Å².